The number of nitrogens with zero attached hydrogens (tertiary/aromatic N) is 1. The Labute approximate surface area is 120 Å². The summed E-state index contributed by atoms with van der Waals surface area (Å²) in [6, 6.07) is 6.78. The summed E-state index contributed by atoms with van der Waals surface area (Å²) in [5.41, 5.74) is 0.409. The van der Waals surface area contributed by atoms with Crippen LogP contribution in [0.3, 0.4) is 0 Å². The molecule has 0 N–H and O–H groups in total. The summed E-state index contributed by atoms with van der Waals surface area (Å²) < 4.78 is 17.4. The van der Waals surface area contributed by atoms with Crippen LogP contribution in [0.2, 0.25) is 0 Å². The molecule has 1 aromatic heterocycles. The fourth-order valence-corrected chi connectivity index (χ4v) is 2.54. The number of benzene rings is 1. The normalized spacial score (nSPS) is 16.4. The highest BCUT2D eigenvalue weighted by atomic mass is 16.6. The van der Waals surface area contributed by atoms with E-state index in [1.807, 2.05) is 6.07 Å². The fraction of sp³-hybridized carbons (Fsp3) is 0.333. The summed E-state index contributed by atoms with van der Waals surface area (Å²) in [4.78, 5) is 24.1. The number of pyridine rings is 1. The lowest BCUT2D eigenvalue weighted by atomic mass is 10.1. The van der Waals surface area contributed by atoms with E-state index in [2.05, 4.69) is 0 Å². The highest BCUT2D eigenvalue weighted by Crippen LogP contribution is 2.34. The Kier molecular flexibility index (Phi) is 3.29. The molecule has 3 rings (SSSR count). The predicted molar refractivity (Wildman–Crippen MR) is 75.8 cm³/mol. The third-order valence-electron chi connectivity index (χ3n) is 3.44. The Morgan fingerprint density at radius 3 is 3.00 bits per heavy atom. The van der Waals surface area contributed by atoms with Crippen molar-refractivity contribution >= 4 is 16.9 Å². The highest BCUT2D eigenvalue weighted by Gasteiger charge is 2.30. The second-order valence-corrected chi connectivity index (χ2v) is 4.67. The molecule has 6 nitrogen and oxygen atoms in total. The molecule has 0 bridgehead atoms. The van der Waals surface area contributed by atoms with Crippen LogP contribution in [0.5, 0.6) is 11.5 Å². The summed E-state index contributed by atoms with van der Waals surface area (Å²) in [6.07, 6.45) is -0.811. The monoisotopic (exact) mass is 289 g/mol. The summed E-state index contributed by atoms with van der Waals surface area (Å²) in [6.45, 7) is 2.13. The Bertz CT molecular complexity index is 764. The topological polar surface area (TPSA) is 66.8 Å². The molecule has 2 heterocycles. The van der Waals surface area contributed by atoms with E-state index in [1.54, 1.807) is 19.1 Å². The van der Waals surface area contributed by atoms with E-state index in [4.69, 9.17) is 14.2 Å². The molecule has 1 aliphatic heterocycles. The van der Waals surface area contributed by atoms with Gasteiger partial charge in [0.05, 0.1) is 25.8 Å². The molecule has 1 atom stereocenters. The second kappa shape index (κ2) is 5.12. The van der Waals surface area contributed by atoms with Crippen molar-refractivity contribution in [3.05, 3.63) is 34.6 Å². The molecule has 6 heteroatoms. The average molecular weight is 289 g/mol. The smallest absolute Gasteiger partial charge is 0.349 e. The van der Waals surface area contributed by atoms with E-state index in [0.29, 0.717) is 17.0 Å². The van der Waals surface area contributed by atoms with Crippen LogP contribution in [-0.2, 0) is 16.1 Å². The standard InChI is InChI=1S/C15H15NO5/c1-3-20-15(18)12-8-16-13(17)7-11(19-2)9-5-4-6-10(21-12)14(9)16/h4-7,12H,3,8H2,1-2H3. The number of carbonyl (C=O) groups excluding carboxylic acids is 1. The maximum absolute atomic E-state index is 12.2. The van der Waals surface area contributed by atoms with Gasteiger partial charge in [0.15, 0.2) is 0 Å². The first-order valence-corrected chi connectivity index (χ1v) is 6.69. The Hall–Kier alpha value is -2.50. The van der Waals surface area contributed by atoms with Gasteiger partial charge in [0.1, 0.15) is 11.5 Å². The molecule has 0 saturated carbocycles. The van der Waals surface area contributed by atoms with E-state index < -0.39 is 12.1 Å². The largest absolute Gasteiger partial charge is 0.496 e. The zero-order valence-corrected chi connectivity index (χ0v) is 11.8. The van der Waals surface area contributed by atoms with E-state index in [0.717, 1.165) is 5.39 Å². The maximum atomic E-state index is 12.2. The summed E-state index contributed by atoms with van der Waals surface area (Å²) in [5.74, 6) is 0.502. The number of carbonyl (C=O) groups is 1. The number of methoxy groups -OCH3 is 1. The lowest BCUT2D eigenvalue weighted by molar-refractivity contribution is -0.152. The van der Waals surface area contributed by atoms with Gasteiger partial charge in [-0.05, 0) is 19.1 Å². The molecule has 1 aromatic carbocycles. The minimum atomic E-state index is -0.811. The van der Waals surface area contributed by atoms with Crippen LogP contribution in [0.15, 0.2) is 29.1 Å². The van der Waals surface area contributed by atoms with Crippen LogP contribution in [0.1, 0.15) is 6.92 Å². The molecule has 0 fully saturated rings. The van der Waals surface area contributed by atoms with Crippen molar-refractivity contribution in [1.29, 1.82) is 0 Å². The van der Waals surface area contributed by atoms with Crippen LogP contribution in [-0.4, -0.2) is 30.4 Å². The minimum Gasteiger partial charge on any atom is -0.496 e. The lowest BCUT2D eigenvalue weighted by Crippen LogP contribution is -2.40. The number of ether oxygens (including phenoxy) is 3. The summed E-state index contributed by atoms with van der Waals surface area (Å²) in [7, 11) is 1.51. The quantitative estimate of drug-likeness (QED) is 0.798. The van der Waals surface area contributed by atoms with Gasteiger partial charge in [0.25, 0.3) is 5.56 Å². The number of esters is 1. The predicted octanol–water partition coefficient (Wildman–Crippen LogP) is 1.33. The lowest BCUT2D eigenvalue weighted by Gasteiger charge is -2.26. The number of aromatic nitrogens is 1. The van der Waals surface area contributed by atoms with Crippen molar-refractivity contribution in [3.8, 4) is 11.5 Å². The first-order valence-electron chi connectivity index (χ1n) is 6.69. The van der Waals surface area contributed by atoms with Crippen molar-refractivity contribution in [2.75, 3.05) is 13.7 Å². The molecule has 0 spiro atoms. The zero-order valence-electron chi connectivity index (χ0n) is 11.8. The third kappa shape index (κ3) is 2.12. The van der Waals surface area contributed by atoms with Crippen molar-refractivity contribution in [1.82, 2.24) is 4.57 Å². The Balaban J connectivity index is 2.16. The van der Waals surface area contributed by atoms with Crippen molar-refractivity contribution in [2.45, 2.75) is 19.6 Å². The van der Waals surface area contributed by atoms with Gasteiger partial charge in [0.2, 0.25) is 6.10 Å². The van der Waals surface area contributed by atoms with Crippen molar-refractivity contribution in [2.24, 2.45) is 0 Å². The van der Waals surface area contributed by atoms with E-state index in [1.165, 1.54) is 17.7 Å². The molecule has 1 unspecified atom stereocenters. The average Bonchev–Trinajstić information content (AvgIpc) is 2.50. The highest BCUT2D eigenvalue weighted by molar-refractivity contribution is 5.91. The van der Waals surface area contributed by atoms with Gasteiger partial charge < -0.3 is 18.8 Å². The van der Waals surface area contributed by atoms with Crippen LogP contribution >= 0.6 is 0 Å². The van der Waals surface area contributed by atoms with Gasteiger partial charge in [-0.15, -0.1) is 0 Å². The second-order valence-electron chi connectivity index (χ2n) is 4.67. The van der Waals surface area contributed by atoms with Gasteiger partial charge in [-0.1, -0.05) is 6.07 Å². The molecular weight excluding hydrogens is 274 g/mol. The van der Waals surface area contributed by atoms with Gasteiger partial charge in [-0.2, -0.15) is 0 Å². The molecule has 0 saturated heterocycles. The van der Waals surface area contributed by atoms with Crippen molar-refractivity contribution in [3.63, 3.8) is 0 Å². The van der Waals surface area contributed by atoms with E-state index in [9.17, 15) is 9.59 Å². The molecule has 110 valence electrons. The number of rotatable bonds is 3. The number of hydrogen-bond donors (Lipinski definition) is 0. The van der Waals surface area contributed by atoms with Crippen LogP contribution in [0.25, 0.3) is 10.9 Å². The van der Waals surface area contributed by atoms with Crippen LogP contribution in [0, 0.1) is 0 Å². The molecule has 21 heavy (non-hydrogen) atoms. The van der Waals surface area contributed by atoms with Gasteiger partial charge in [-0.25, -0.2) is 4.79 Å². The molecule has 0 amide bonds. The molecule has 0 aliphatic carbocycles. The molecule has 2 aromatic rings. The number of hydrogen-bond acceptors (Lipinski definition) is 5. The van der Waals surface area contributed by atoms with E-state index in [-0.39, 0.29) is 18.7 Å². The summed E-state index contributed by atoms with van der Waals surface area (Å²) >= 11 is 0. The SMILES string of the molecule is CCOC(=O)C1Cn2c(=O)cc(OC)c3cccc(c32)O1. The minimum absolute atomic E-state index is 0.134. The molecular formula is C15H15NO5. The maximum Gasteiger partial charge on any atom is 0.349 e. The van der Waals surface area contributed by atoms with Crippen LogP contribution in [0.4, 0.5) is 0 Å². The van der Waals surface area contributed by atoms with Crippen LogP contribution < -0.4 is 15.0 Å². The first-order chi connectivity index (χ1) is 10.2. The zero-order chi connectivity index (χ0) is 15.0. The van der Waals surface area contributed by atoms with Crippen molar-refractivity contribution < 1.29 is 19.0 Å². The molecule has 0 radical (unpaired) electrons. The van der Waals surface area contributed by atoms with Gasteiger partial charge >= 0.3 is 5.97 Å². The Morgan fingerprint density at radius 2 is 2.29 bits per heavy atom. The first kappa shape index (κ1) is 13.5. The molecule has 1 aliphatic rings. The van der Waals surface area contributed by atoms with E-state index >= 15 is 0 Å². The van der Waals surface area contributed by atoms with Gasteiger partial charge in [0, 0.05) is 11.5 Å². The fourth-order valence-electron chi connectivity index (χ4n) is 2.54. The number of para-hydroxylation sites is 1. The third-order valence-corrected chi connectivity index (χ3v) is 3.44. The Morgan fingerprint density at radius 1 is 1.48 bits per heavy atom. The van der Waals surface area contributed by atoms with Gasteiger partial charge in [-0.3, -0.25) is 4.79 Å². The summed E-state index contributed by atoms with van der Waals surface area (Å²) in [5, 5.41) is 0.775.